The molecular weight excluding hydrogens is 204 g/mol. The number of rotatable bonds is 4. The van der Waals surface area contributed by atoms with Crippen molar-refractivity contribution in [2.24, 2.45) is 0 Å². The van der Waals surface area contributed by atoms with Gasteiger partial charge in [-0.15, -0.1) is 0 Å². The second kappa shape index (κ2) is 4.21. The highest BCUT2D eigenvalue weighted by Gasteiger charge is 2.23. The average molecular weight is 214 g/mol. The lowest BCUT2D eigenvalue weighted by Gasteiger charge is -2.14. The third kappa shape index (κ3) is 1.92. The molecule has 1 heterocycles. The normalized spacial score (nSPS) is 11.5. The molecule has 1 N–H and O–H groups in total. The number of imidazole rings is 1. The monoisotopic (exact) mass is 214 g/mol. The molecule has 0 spiro atoms. The van der Waals surface area contributed by atoms with Crippen LogP contribution >= 0.6 is 0 Å². The topological polar surface area (TPSA) is 89.8 Å². The first-order chi connectivity index (χ1) is 6.62. The van der Waals surface area contributed by atoms with Crippen molar-refractivity contribution in [1.29, 1.82) is 5.26 Å². The van der Waals surface area contributed by atoms with E-state index >= 15 is 0 Å². The standard InChI is InChI=1S/C7H10N4O2S/c1-2-11(4-3-8)14(12,13)7-5-9-6-10-7/h5-6H,2,4H2,1H3,(H,9,10). The summed E-state index contributed by atoms with van der Waals surface area (Å²) in [7, 11) is -3.58. The van der Waals surface area contributed by atoms with E-state index in [1.807, 2.05) is 0 Å². The Morgan fingerprint density at radius 2 is 2.43 bits per heavy atom. The lowest BCUT2D eigenvalue weighted by molar-refractivity contribution is 0.460. The fourth-order valence-corrected chi connectivity index (χ4v) is 2.21. The Balaban J connectivity index is 3.01. The molecule has 0 saturated carbocycles. The van der Waals surface area contributed by atoms with Crippen molar-refractivity contribution in [2.45, 2.75) is 11.9 Å². The minimum absolute atomic E-state index is 0.00889. The zero-order valence-corrected chi connectivity index (χ0v) is 8.45. The summed E-state index contributed by atoms with van der Waals surface area (Å²) in [5.74, 6) is 0. The van der Waals surface area contributed by atoms with Crippen LogP contribution in [0.15, 0.2) is 17.6 Å². The molecule has 0 unspecified atom stereocenters. The highest BCUT2D eigenvalue weighted by Crippen LogP contribution is 2.10. The third-order valence-electron chi connectivity index (χ3n) is 1.69. The number of sulfonamides is 1. The van der Waals surface area contributed by atoms with Crippen molar-refractivity contribution >= 4 is 10.0 Å². The van der Waals surface area contributed by atoms with Crippen LogP contribution in [0.2, 0.25) is 0 Å². The molecule has 0 bridgehead atoms. The first kappa shape index (κ1) is 10.7. The molecule has 0 aromatic carbocycles. The third-order valence-corrected chi connectivity index (χ3v) is 3.54. The molecule has 1 aromatic rings. The molecule has 76 valence electrons. The van der Waals surface area contributed by atoms with Crippen LogP contribution in [0.3, 0.4) is 0 Å². The Hall–Kier alpha value is -1.39. The number of H-pyrrole nitrogens is 1. The molecule has 1 aromatic heterocycles. The van der Waals surface area contributed by atoms with Gasteiger partial charge in [0.25, 0.3) is 10.0 Å². The quantitative estimate of drug-likeness (QED) is 0.711. The van der Waals surface area contributed by atoms with E-state index in [1.54, 1.807) is 13.0 Å². The summed E-state index contributed by atoms with van der Waals surface area (Å²) in [4.78, 5) is 6.12. The van der Waals surface area contributed by atoms with Crippen molar-refractivity contribution in [2.75, 3.05) is 13.1 Å². The molecular formula is C7H10N4O2S. The van der Waals surface area contributed by atoms with Gasteiger partial charge in [0.05, 0.1) is 18.6 Å². The van der Waals surface area contributed by atoms with Crippen LogP contribution in [0.4, 0.5) is 0 Å². The summed E-state index contributed by atoms with van der Waals surface area (Å²) in [6.07, 6.45) is 2.50. The van der Waals surface area contributed by atoms with Gasteiger partial charge in [-0.2, -0.15) is 9.57 Å². The molecule has 0 atom stereocenters. The molecule has 0 fully saturated rings. The van der Waals surface area contributed by atoms with E-state index in [9.17, 15) is 8.42 Å². The van der Waals surface area contributed by atoms with Crippen molar-refractivity contribution < 1.29 is 8.42 Å². The first-order valence-electron chi connectivity index (χ1n) is 3.98. The Morgan fingerprint density at radius 1 is 1.71 bits per heavy atom. The van der Waals surface area contributed by atoms with Crippen molar-refractivity contribution in [1.82, 2.24) is 14.3 Å². The Labute approximate surface area is 82.2 Å². The average Bonchev–Trinajstić information content (AvgIpc) is 2.66. The van der Waals surface area contributed by atoms with Gasteiger partial charge >= 0.3 is 0 Å². The lowest BCUT2D eigenvalue weighted by Crippen LogP contribution is -2.31. The summed E-state index contributed by atoms with van der Waals surface area (Å²) < 4.78 is 24.5. The molecule has 0 saturated heterocycles. The van der Waals surface area contributed by atoms with Crippen LogP contribution in [0.1, 0.15) is 6.92 Å². The van der Waals surface area contributed by atoms with Gasteiger partial charge in [0.2, 0.25) is 0 Å². The minimum Gasteiger partial charge on any atom is -0.335 e. The fraction of sp³-hybridized carbons (Fsp3) is 0.429. The predicted molar refractivity (Wildman–Crippen MR) is 48.6 cm³/mol. The van der Waals surface area contributed by atoms with Crippen LogP contribution in [-0.4, -0.2) is 35.8 Å². The van der Waals surface area contributed by atoms with Gasteiger partial charge in [0, 0.05) is 6.54 Å². The zero-order chi connectivity index (χ0) is 10.6. The summed E-state index contributed by atoms with van der Waals surface area (Å²) in [5, 5.41) is 8.46. The molecule has 0 amide bonds. The molecule has 0 aliphatic heterocycles. The summed E-state index contributed by atoms with van der Waals surface area (Å²) >= 11 is 0. The van der Waals surface area contributed by atoms with Crippen molar-refractivity contribution in [3.63, 3.8) is 0 Å². The first-order valence-corrected chi connectivity index (χ1v) is 5.42. The van der Waals surface area contributed by atoms with E-state index in [2.05, 4.69) is 9.97 Å². The minimum atomic E-state index is -3.58. The van der Waals surface area contributed by atoms with Crippen LogP contribution in [0.25, 0.3) is 0 Å². The molecule has 0 aliphatic carbocycles. The Kier molecular flexibility index (Phi) is 3.22. The number of hydrogen-bond acceptors (Lipinski definition) is 4. The van der Waals surface area contributed by atoms with E-state index in [1.165, 1.54) is 12.5 Å². The maximum atomic E-state index is 11.7. The van der Waals surface area contributed by atoms with Crippen molar-refractivity contribution in [3.8, 4) is 6.07 Å². The lowest BCUT2D eigenvalue weighted by atomic mass is 10.6. The molecule has 6 nitrogen and oxygen atoms in total. The fourth-order valence-electron chi connectivity index (χ4n) is 0.969. The molecule has 7 heteroatoms. The summed E-state index contributed by atoms with van der Waals surface area (Å²) in [5.41, 5.74) is 0. The van der Waals surface area contributed by atoms with Crippen LogP contribution in [0.5, 0.6) is 0 Å². The van der Waals surface area contributed by atoms with E-state index in [0.717, 1.165) is 4.31 Å². The van der Waals surface area contributed by atoms with Gasteiger partial charge in [-0.3, -0.25) is 0 Å². The highest BCUT2D eigenvalue weighted by atomic mass is 32.2. The van der Waals surface area contributed by atoms with Gasteiger partial charge in [-0.05, 0) is 0 Å². The number of nitrogens with zero attached hydrogens (tertiary/aromatic N) is 3. The SMILES string of the molecule is CCN(CC#N)S(=O)(=O)c1cnc[nH]1. The number of aromatic amines is 1. The molecule has 14 heavy (non-hydrogen) atoms. The van der Waals surface area contributed by atoms with E-state index < -0.39 is 10.0 Å². The van der Waals surface area contributed by atoms with Crippen LogP contribution in [-0.2, 0) is 10.0 Å². The van der Waals surface area contributed by atoms with E-state index in [0.29, 0.717) is 0 Å². The van der Waals surface area contributed by atoms with Gasteiger partial charge in [0.15, 0.2) is 5.03 Å². The zero-order valence-electron chi connectivity index (χ0n) is 7.64. The maximum Gasteiger partial charge on any atom is 0.261 e. The second-order valence-electron chi connectivity index (χ2n) is 2.51. The number of hydrogen-bond donors (Lipinski definition) is 1. The van der Waals surface area contributed by atoms with E-state index in [-0.39, 0.29) is 18.1 Å². The van der Waals surface area contributed by atoms with Gasteiger partial charge in [-0.25, -0.2) is 13.4 Å². The number of nitrogens with one attached hydrogen (secondary N) is 1. The van der Waals surface area contributed by atoms with Crippen molar-refractivity contribution in [3.05, 3.63) is 12.5 Å². The largest absolute Gasteiger partial charge is 0.335 e. The number of nitriles is 1. The molecule has 1 rings (SSSR count). The molecule has 0 aliphatic rings. The molecule has 0 radical (unpaired) electrons. The van der Waals surface area contributed by atoms with Crippen LogP contribution < -0.4 is 0 Å². The van der Waals surface area contributed by atoms with Gasteiger partial charge < -0.3 is 4.98 Å². The van der Waals surface area contributed by atoms with Gasteiger partial charge in [0.1, 0.15) is 6.54 Å². The maximum absolute atomic E-state index is 11.7. The number of aromatic nitrogens is 2. The predicted octanol–water partition coefficient (Wildman–Crippen LogP) is -0.0561. The summed E-state index contributed by atoms with van der Waals surface area (Å²) in [6.45, 7) is 1.78. The Bertz CT molecular complexity index is 417. The van der Waals surface area contributed by atoms with E-state index in [4.69, 9.17) is 5.26 Å². The van der Waals surface area contributed by atoms with Crippen LogP contribution in [0, 0.1) is 11.3 Å². The summed E-state index contributed by atoms with van der Waals surface area (Å²) in [6, 6.07) is 1.80. The smallest absolute Gasteiger partial charge is 0.261 e. The highest BCUT2D eigenvalue weighted by molar-refractivity contribution is 7.89. The van der Waals surface area contributed by atoms with Gasteiger partial charge in [-0.1, -0.05) is 6.92 Å². The Morgan fingerprint density at radius 3 is 2.86 bits per heavy atom. The second-order valence-corrected chi connectivity index (χ2v) is 4.41.